The van der Waals surface area contributed by atoms with Gasteiger partial charge in [-0.15, -0.1) is 11.3 Å². The van der Waals surface area contributed by atoms with Crippen molar-refractivity contribution in [1.82, 2.24) is 5.32 Å². The minimum absolute atomic E-state index is 0.0818. The van der Waals surface area contributed by atoms with Crippen LogP contribution < -0.4 is 21.2 Å². The lowest BCUT2D eigenvalue weighted by molar-refractivity contribution is -0.148. The molecule has 1 amide bonds. The molecule has 1 aromatic carbocycles. The Hall–Kier alpha value is -3.80. The fourth-order valence-electron chi connectivity index (χ4n) is 3.42. The standard InChI is InChI=1S/C23H26FN3O7S/c1-3-23(4-2,22(33)27-15(20(30)31)10-18(28)29)11-13-6-8-17(35-13)21(32)34-16-7-5-12(19(25)26)9-14(16)24/h5-9,15H,3-4,10-11H2,1-2H3,(H3,25,26)(H,27,33)(H,28,29)(H,30,31)/p+1/t15-/m0/s1. The van der Waals surface area contributed by atoms with Gasteiger partial charge in [-0.3, -0.25) is 20.7 Å². The van der Waals surface area contributed by atoms with Crippen molar-refractivity contribution in [1.29, 1.82) is 0 Å². The molecule has 0 radical (unpaired) electrons. The average Bonchev–Trinajstić information content (AvgIpc) is 3.26. The monoisotopic (exact) mass is 508 g/mol. The number of esters is 1. The Labute approximate surface area is 204 Å². The predicted molar refractivity (Wildman–Crippen MR) is 124 cm³/mol. The van der Waals surface area contributed by atoms with E-state index in [1.807, 2.05) is 0 Å². The summed E-state index contributed by atoms with van der Waals surface area (Å²) in [6, 6.07) is 5.23. The first kappa shape index (κ1) is 27.4. The number of rotatable bonds is 12. The van der Waals surface area contributed by atoms with Crippen LogP contribution in [0.3, 0.4) is 0 Å². The van der Waals surface area contributed by atoms with Gasteiger partial charge >= 0.3 is 17.9 Å². The molecule has 0 saturated carbocycles. The predicted octanol–water partition coefficient (Wildman–Crippen LogP) is 0.964. The second-order valence-electron chi connectivity index (χ2n) is 7.88. The van der Waals surface area contributed by atoms with Gasteiger partial charge in [0.25, 0.3) is 5.84 Å². The third kappa shape index (κ3) is 6.85. The Balaban J connectivity index is 2.18. The summed E-state index contributed by atoms with van der Waals surface area (Å²) >= 11 is 1.05. The van der Waals surface area contributed by atoms with Crippen molar-refractivity contribution in [2.24, 2.45) is 11.1 Å². The van der Waals surface area contributed by atoms with Gasteiger partial charge in [-0.2, -0.15) is 0 Å². The molecule has 0 bridgehead atoms. The molecule has 12 heteroatoms. The molecule has 7 N–H and O–H groups in total. The van der Waals surface area contributed by atoms with Crippen LogP contribution in [0.15, 0.2) is 30.3 Å². The Morgan fingerprint density at radius 2 is 1.83 bits per heavy atom. The highest BCUT2D eigenvalue weighted by molar-refractivity contribution is 7.14. The maximum absolute atomic E-state index is 14.2. The smallest absolute Gasteiger partial charge is 0.353 e. The first-order chi connectivity index (χ1) is 16.4. The van der Waals surface area contributed by atoms with E-state index in [9.17, 15) is 28.7 Å². The summed E-state index contributed by atoms with van der Waals surface area (Å²) in [5.74, 6) is -5.39. The molecule has 0 aliphatic carbocycles. The maximum atomic E-state index is 14.2. The Kier molecular flexibility index (Phi) is 9.06. The number of carboxylic acid groups (broad SMARTS) is 2. The van der Waals surface area contributed by atoms with Gasteiger partial charge in [0.1, 0.15) is 10.9 Å². The van der Waals surface area contributed by atoms with E-state index in [1.165, 1.54) is 18.2 Å². The number of ether oxygens (including phenoxy) is 1. The summed E-state index contributed by atoms with van der Waals surface area (Å²) in [7, 11) is 0. The van der Waals surface area contributed by atoms with Gasteiger partial charge in [-0.05, 0) is 49.6 Å². The van der Waals surface area contributed by atoms with Crippen LogP contribution in [-0.4, -0.2) is 45.9 Å². The highest BCUT2D eigenvalue weighted by atomic mass is 32.1. The number of hydrogen-bond donors (Lipinski definition) is 5. The molecule has 0 spiro atoms. The molecule has 0 aliphatic rings. The molecular formula is C23H27FN3O7S+. The Morgan fingerprint density at radius 1 is 1.17 bits per heavy atom. The lowest BCUT2D eigenvalue weighted by atomic mass is 9.77. The third-order valence-electron chi connectivity index (χ3n) is 5.66. The van der Waals surface area contributed by atoms with Gasteiger partial charge in [0.2, 0.25) is 5.91 Å². The van der Waals surface area contributed by atoms with Crippen molar-refractivity contribution < 1.29 is 43.9 Å². The minimum atomic E-state index is -1.57. The van der Waals surface area contributed by atoms with Gasteiger partial charge in [0.05, 0.1) is 17.4 Å². The molecule has 1 atom stereocenters. The molecule has 2 aromatic rings. The average molecular weight is 509 g/mol. The van der Waals surface area contributed by atoms with Crippen LogP contribution in [0.4, 0.5) is 4.39 Å². The lowest BCUT2D eigenvalue weighted by Crippen LogP contribution is -2.49. The highest BCUT2D eigenvalue weighted by Crippen LogP contribution is 2.34. The summed E-state index contributed by atoms with van der Waals surface area (Å²) in [4.78, 5) is 48.7. The van der Waals surface area contributed by atoms with E-state index in [0.29, 0.717) is 17.7 Å². The zero-order valence-electron chi connectivity index (χ0n) is 19.2. The largest absolute Gasteiger partial charge is 0.481 e. The number of hydrogen-bond acceptors (Lipinski definition) is 6. The summed E-state index contributed by atoms with van der Waals surface area (Å²) < 4.78 is 19.3. The number of halogens is 1. The lowest BCUT2D eigenvalue weighted by Gasteiger charge is -2.31. The van der Waals surface area contributed by atoms with Crippen LogP contribution in [0.1, 0.15) is 53.2 Å². The van der Waals surface area contributed by atoms with Crippen LogP contribution in [0.2, 0.25) is 0 Å². The fraction of sp³-hybridized carbons (Fsp3) is 0.348. The molecule has 35 heavy (non-hydrogen) atoms. The normalized spacial score (nSPS) is 12.0. The van der Waals surface area contributed by atoms with Gasteiger partial charge in [-0.25, -0.2) is 14.0 Å². The number of amidine groups is 1. The zero-order chi connectivity index (χ0) is 26.3. The number of carbonyl (C=O) groups is 4. The molecule has 1 aromatic heterocycles. The minimum Gasteiger partial charge on any atom is -0.481 e. The first-order valence-electron chi connectivity index (χ1n) is 10.7. The van der Waals surface area contributed by atoms with E-state index >= 15 is 0 Å². The molecule has 1 heterocycles. The Morgan fingerprint density at radius 3 is 2.34 bits per heavy atom. The van der Waals surface area contributed by atoms with E-state index in [4.69, 9.17) is 21.0 Å². The van der Waals surface area contributed by atoms with Gasteiger partial charge in [-0.1, -0.05) is 13.8 Å². The first-order valence-corrected chi connectivity index (χ1v) is 11.5. The van der Waals surface area contributed by atoms with Crippen molar-refractivity contribution in [3.05, 3.63) is 51.5 Å². The van der Waals surface area contributed by atoms with Crippen molar-refractivity contribution in [2.45, 2.75) is 45.6 Å². The molecule has 0 saturated heterocycles. The van der Waals surface area contributed by atoms with Crippen LogP contribution in [0.5, 0.6) is 5.75 Å². The number of amides is 1. The zero-order valence-corrected chi connectivity index (χ0v) is 20.0. The van der Waals surface area contributed by atoms with Crippen LogP contribution >= 0.6 is 11.3 Å². The number of carbonyl (C=O) groups excluding carboxylic acids is 2. The highest BCUT2D eigenvalue weighted by Gasteiger charge is 2.38. The van der Waals surface area contributed by atoms with E-state index in [-0.39, 0.29) is 28.4 Å². The molecule has 188 valence electrons. The van der Waals surface area contributed by atoms with Crippen LogP contribution in [0.25, 0.3) is 0 Å². The topological polar surface area (TPSA) is 182 Å². The molecule has 0 unspecified atom stereocenters. The number of carboxylic acids is 2. The van der Waals surface area contributed by atoms with E-state index in [1.54, 1.807) is 19.9 Å². The molecule has 2 rings (SSSR count). The number of benzene rings is 1. The third-order valence-corrected chi connectivity index (χ3v) is 6.73. The molecule has 0 aliphatic heterocycles. The van der Waals surface area contributed by atoms with E-state index in [0.717, 1.165) is 17.4 Å². The summed E-state index contributed by atoms with van der Waals surface area (Å²) in [6.07, 6.45) is 0.0986. The van der Waals surface area contributed by atoms with E-state index < -0.39 is 47.5 Å². The molecule has 0 fully saturated rings. The molecule has 10 nitrogen and oxygen atoms in total. The SMILES string of the molecule is CCC(CC)(Cc1ccc(C(=O)Oc2ccc(C(N)=[NH2+])cc2F)s1)C(=O)N[C@@H](CC(=O)O)C(=O)O. The number of nitrogens with one attached hydrogen (secondary N) is 1. The number of aliphatic carboxylic acids is 2. The maximum Gasteiger partial charge on any atom is 0.353 e. The van der Waals surface area contributed by atoms with Crippen LogP contribution in [0, 0.1) is 11.2 Å². The van der Waals surface area contributed by atoms with E-state index in [2.05, 4.69) is 5.32 Å². The van der Waals surface area contributed by atoms with Crippen molar-refractivity contribution in [3.8, 4) is 5.75 Å². The fourth-order valence-corrected chi connectivity index (χ4v) is 4.45. The number of thiophene rings is 1. The van der Waals surface area contributed by atoms with Gasteiger partial charge < -0.3 is 20.3 Å². The van der Waals surface area contributed by atoms with Crippen molar-refractivity contribution >= 4 is 41.0 Å². The van der Waals surface area contributed by atoms with Gasteiger partial charge in [0, 0.05) is 4.88 Å². The summed E-state index contributed by atoms with van der Waals surface area (Å²) in [6.45, 7) is 3.52. The van der Waals surface area contributed by atoms with Crippen molar-refractivity contribution in [3.63, 3.8) is 0 Å². The quantitative estimate of drug-likeness (QED) is 0.122. The number of nitrogens with two attached hydrogens (primary N) is 2. The van der Waals surface area contributed by atoms with Crippen LogP contribution in [-0.2, 0) is 20.8 Å². The van der Waals surface area contributed by atoms with Crippen molar-refractivity contribution in [2.75, 3.05) is 0 Å². The summed E-state index contributed by atoms with van der Waals surface area (Å²) in [5, 5.41) is 25.9. The molecular weight excluding hydrogens is 481 g/mol. The summed E-state index contributed by atoms with van der Waals surface area (Å²) in [5.41, 5.74) is 4.65. The second-order valence-corrected chi connectivity index (χ2v) is 9.05. The van der Waals surface area contributed by atoms with Gasteiger partial charge in [0.15, 0.2) is 11.6 Å². The second kappa shape index (κ2) is 11.6. The Bertz CT molecular complexity index is 1140.